The molecule has 3 rings (SSSR count). The van der Waals surface area contributed by atoms with Gasteiger partial charge >= 0.3 is 0 Å². The van der Waals surface area contributed by atoms with Gasteiger partial charge in [0.05, 0.1) is 11.9 Å². The molecule has 4 nitrogen and oxygen atoms in total. The number of pyridine rings is 1. The molecular formula is C18H22BrClN4. The minimum Gasteiger partial charge on any atom is -0.329 e. The van der Waals surface area contributed by atoms with Crippen LogP contribution in [0.1, 0.15) is 11.3 Å². The Morgan fingerprint density at radius 3 is 2.62 bits per heavy atom. The molecule has 0 saturated carbocycles. The highest BCUT2D eigenvalue weighted by Crippen LogP contribution is 2.15. The molecule has 2 N–H and O–H groups in total. The molecule has 0 radical (unpaired) electrons. The largest absolute Gasteiger partial charge is 0.329 e. The predicted octanol–water partition coefficient (Wildman–Crippen LogP) is 3.52. The quantitative estimate of drug-likeness (QED) is 0.649. The van der Waals surface area contributed by atoms with Crippen molar-refractivity contribution in [1.29, 1.82) is 0 Å². The molecule has 128 valence electrons. The molecule has 2 heterocycles. The third-order valence-corrected chi connectivity index (χ3v) is 4.41. The number of hydrogen-bond acceptors (Lipinski definition) is 3. The van der Waals surface area contributed by atoms with Crippen LogP contribution in [0.4, 0.5) is 0 Å². The lowest BCUT2D eigenvalue weighted by Crippen LogP contribution is -2.31. The van der Waals surface area contributed by atoms with E-state index in [2.05, 4.69) is 66.7 Å². The van der Waals surface area contributed by atoms with Crippen LogP contribution < -0.4 is 5.73 Å². The van der Waals surface area contributed by atoms with E-state index in [1.807, 2.05) is 18.3 Å². The fourth-order valence-electron chi connectivity index (χ4n) is 2.74. The van der Waals surface area contributed by atoms with Gasteiger partial charge in [-0.25, -0.2) is 4.98 Å². The molecule has 3 aromatic rings. The van der Waals surface area contributed by atoms with Gasteiger partial charge in [-0.1, -0.05) is 30.3 Å². The van der Waals surface area contributed by atoms with Crippen LogP contribution in [0.3, 0.4) is 0 Å². The zero-order chi connectivity index (χ0) is 16.1. The average Bonchev–Trinajstić information content (AvgIpc) is 2.96. The van der Waals surface area contributed by atoms with Crippen molar-refractivity contribution in [1.82, 2.24) is 14.3 Å². The Bertz CT molecular complexity index is 760. The summed E-state index contributed by atoms with van der Waals surface area (Å²) < 4.78 is 3.19. The summed E-state index contributed by atoms with van der Waals surface area (Å²) in [6.07, 6.45) is 5.05. The first kappa shape index (κ1) is 18.9. The summed E-state index contributed by atoms with van der Waals surface area (Å²) >= 11 is 3.53. The van der Waals surface area contributed by atoms with Crippen molar-refractivity contribution in [2.75, 3.05) is 19.6 Å². The monoisotopic (exact) mass is 408 g/mol. The van der Waals surface area contributed by atoms with E-state index in [-0.39, 0.29) is 12.4 Å². The second-order valence-electron chi connectivity index (χ2n) is 5.63. The Morgan fingerprint density at radius 2 is 1.88 bits per heavy atom. The minimum atomic E-state index is 0. The van der Waals surface area contributed by atoms with Crippen LogP contribution in [0.15, 0.2) is 59.3 Å². The number of nitrogens with two attached hydrogens (primary N) is 1. The van der Waals surface area contributed by atoms with Crippen molar-refractivity contribution < 1.29 is 0 Å². The van der Waals surface area contributed by atoms with Gasteiger partial charge < -0.3 is 10.1 Å². The van der Waals surface area contributed by atoms with Crippen molar-refractivity contribution in [3.05, 3.63) is 70.6 Å². The van der Waals surface area contributed by atoms with Gasteiger partial charge in [-0.3, -0.25) is 4.90 Å². The third kappa shape index (κ3) is 4.80. The Hall–Kier alpha value is -1.40. The molecule has 0 unspecified atom stereocenters. The molecule has 0 aliphatic carbocycles. The van der Waals surface area contributed by atoms with Gasteiger partial charge in [0, 0.05) is 36.8 Å². The highest BCUT2D eigenvalue weighted by molar-refractivity contribution is 9.10. The van der Waals surface area contributed by atoms with Crippen LogP contribution in [0, 0.1) is 0 Å². The number of hydrogen-bond donors (Lipinski definition) is 1. The fraction of sp³-hybridized carbons (Fsp3) is 0.278. The first-order valence-electron chi connectivity index (χ1n) is 7.84. The SMILES string of the molecule is Cl.NCCN(CCc1ccccc1)Cc1cnc2ccc(Br)cn12. The molecule has 6 heteroatoms. The molecule has 2 aromatic heterocycles. The van der Waals surface area contributed by atoms with E-state index in [0.29, 0.717) is 6.54 Å². The van der Waals surface area contributed by atoms with Crippen LogP contribution in [0.5, 0.6) is 0 Å². The predicted molar refractivity (Wildman–Crippen MR) is 105 cm³/mol. The molecule has 0 bridgehead atoms. The number of imidazole rings is 1. The first-order chi connectivity index (χ1) is 11.3. The van der Waals surface area contributed by atoms with E-state index in [9.17, 15) is 0 Å². The van der Waals surface area contributed by atoms with E-state index >= 15 is 0 Å². The molecule has 0 amide bonds. The maximum atomic E-state index is 5.79. The third-order valence-electron chi connectivity index (χ3n) is 3.94. The number of aromatic nitrogens is 2. The molecule has 0 saturated heterocycles. The fourth-order valence-corrected chi connectivity index (χ4v) is 3.07. The summed E-state index contributed by atoms with van der Waals surface area (Å²) in [6.45, 7) is 3.38. The van der Waals surface area contributed by atoms with Crippen molar-refractivity contribution in [3.8, 4) is 0 Å². The maximum Gasteiger partial charge on any atom is 0.136 e. The average molecular weight is 410 g/mol. The van der Waals surface area contributed by atoms with Crippen molar-refractivity contribution >= 4 is 34.0 Å². The zero-order valence-electron chi connectivity index (χ0n) is 13.4. The van der Waals surface area contributed by atoms with Crippen LogP contribution in [0.2, 0.25) is 0 Å². The summed E-state index contributed by atoms with van der Waals surface area (Å²) in [5, 5.41) is 0. The molecule has 0 spiro atoms. The molecule has 0 aliphatic heterocycles. The normalized spacial score (nSPS) is 11.0. The van der Waals surface area contributed by atoms with Gasteiger partial charge in [-0.05, 0) is 40.0 Å². The lowest BCUT2D eigenvalue weighted by molar-refractivity contribution is 0.272. The Balaban J connectivity index is 0.00000208. The van der Waals surface area contributed by atoms with E-state index in [1.54, 1.807) is 0 Å². The maximum absolute atomic E-state index is 5.79. The number of benzene rings is 1. The van der Waals surface area contributed by atoms with Crippen molar-refractivity contribution in [3.63, 3.8) is 0 Å². The van der Waals surface area contributed by atoms with Gasteiger partial charge in [0.2, 0.25) is 0 Å². The Kier molecular flexibility index (Phi) is 7.24. The smallest absolute Gasteiger partial charge is 0.136 e. The van der Waals surface area contributed by atoms with Crippen LogP contribution in [0.25, 0.3) is 5.65 Å². The van der Waals surface area contributed by atoms with Gasteiger partial charge in [0.1, 0.15) is 5.65 Å². The number of fused-ring (bicyclic) bond motifs is 1. The van der Waals surface area contributed by atoms with Crippen molar-refractivity contribution in [2.24, 2.45) is 5.73 Å². The van der Waals surface area contributed by atoms with E-state index < -0.39 is 0 Å². The Labute approximate surface area is 157 Å². The van der Waals surface area contributed by atoms with E-state index in [0.717, 1.165) is 36.2 Å². The van der Waals surface area contributed by atoms with E-state index in [1.165, 1.54) is 11.3 Å². The summed E-state index contributed by atoms with van der Waals surface area (Å²) in [6, 6.07) is 14.6. The molecule has 0 atom stereocenters. The van der Waals surface area contributed by atoms with Gasteiger partial charge in [0.25, 0.3) is 0 Å². The van der Waals surface area contributed by atoms with Crippen LogP contribution in [-0.2, 0) is 13.0 Å². The summed E-state index contributed by atoms with van der Waals surface area (Å²) in [5.74, 6) is 0. The minimum absolute atomic E-state index is 0. The second-order valence-corrected chi connectivity index (χ2v) is 6.54. The second kappa shape index (κ2) is 9.18. The van der Waals surface area contributed by atoms with Gasteiger partial charge in [-0.2, -0.15) is 0 Å². The number of rotatable bonds is 7. The Morgan fingerprint density at radius 1 is 1.08 bits per heavy atom. The molecule has 1 aromatic carbocycles. The zero-order valence-corrected chi connectivity index (χ0v) is 15.8. The lowest BCUT2D eigenvalue weighted by Gasteiger charge is -2.21. The summed E-state index contributed by atoms with van der Waals surface area (Å²) in [7, 11) is 0. The van der Waals surface area contributed by atoms with Crippen LogP contribution in [-0.4, -0.2) is 33.9 Å². The molecular weight excluding hydrogens is 388 g/mol. The summed E-state index contributed by atoms with van der Waals surface area (Å²) in [5.41, 5.74) is 9.30. The number of nitrogens with zero attached hydrogens (tertiary/aromatic N) is 3. The summed E-state index contributed by atoms with van der Waals surface area (Å²) in [4.78, 5) is 6.86. The topological polar surface area (TPSA) is 46.6 Å². The van der Waals surface area contributed by atoms with Gasteiger partial charge in [-0.15, -0.1) is 12.4 Å². The first-order valence-corrected chi connectivity index (χ1v) is 8.63. The standard InChI is InChI=1S/C18H21BrN4.ClH/c19-16-6-7-18-21-12-17(23(18)13-16)14-22(11-9-20)10-8-15-4-2-1-3-5-15;/h1-7,12-13H,8-11,14,20H2;1H. The molecule has 0 fully saturated rings. The van der Waals surface area contributed by atoms with Gasteiger partial charge in [0.15, 0.2) is 0 Å². The van der Waals surface area contributed by atoms with E-state index in [4.69, 9.17) is 5.73 Å². The molecule has 24 heavy (non-hydrogen) atoms. The lowest BCUT2D eigenvalue weighted by atomic mass is 10.1. The highest BCUT2D eigenvalue weighted by atomic mass is 79.9. The number of halogens is 2. The van der Waals surface area contributed by atoms with Crippen molar-refractivity contribution in [2.45, 2.75) is 13.0 Å². The highest BCUT2D eigenvalue weighted by Gasteiger charge is 2.10. The van der Waals surface area contributed by atoms with Crippen LogP contribution >= 0.6 is 28.3 Å². The molecule has 0 aliphatic rings.